The predicted molar refractivity (Wildman–Crippen MR) is 56.1 cm³/mol. The Morgan fingerprint density at radius 1 is 1.57 bits per heavy atom. The Bertz CT molecular complexity index is 270. The maximum absolute atomic E-state index is 4.98. The Balaban J connectivity index is 2.26. The van der Waals surface area contributed by atoms with Crippen molar-refractivity contribution in [2.75, 3.05) is 20.6 Å². The monoisotopic (exact) mass is 197 g/mol. The third-order valence-electron chi connectivity index (χ3n) is 1.95. The van der Waals surface area contributed by atoms with Gasteiger partial charge in [0.05, 0.1) is 5.69 Å². The van der Waals surface area contributed by atoms with E-state index in [0.717, 1.165) is 24.5 Å². The first-order valence-corrected chi connectivity index (χ1v) is 4.88. The van der Waals surface area contributed by atoms with Crippen LogP contribution in [0.2, 0.25) is 0 Å². The van der Waals surface area contributed by atoms with E-state index in [1.54, 1.807) is 0 Å². The van der Waals surface area contributed by atoms with Crippen molar-refractivity contribution in [3.05, 3.63) is 17.5 Å². The molecule has 0 aliphatic carbocycles. The predicted octanol–water partition coefficient (Wildman–Crippen LogP) is 1.02. The van der Waals surface area contributed by atoms with Gasteiger partial charge in [-0.3, -0.25) is 0 Å². The molecule has 0 fully saturated rings. The molecule has 1 N–H and O–H groups in total. The number of likely N-dealkylation sites (N-methyl/N-ethyl adjacent to an activating group) is 1. The van der Waals surface area contributed by atoms with E-state index < -0.39 is 0 Å². The second kappa shape index (κ2) is 5.12. The average Bonchev–Trinajstić information content (AvgIpc) is 2.47. The van der Waals surface area contributed by atoms with Gasteiger partial charge in [0.2, 0.25) is 0 Å². The van der Waals surface area contributed by atoms with Crippen LogP contribution in [0, 0.1) is 6.92 Å². The Hall–Kier alpha value is -0.870. The van der Waals surface area contributed by atoms with E-state index in [0.29, 0.717) is 6.04 Å². The molecule has 0 aliphatic rings. The summed E-state index contributed by atoms with van der Waals surface area (Å²) in [6.45, 7) is 5.86. The minimum absolute atomic E-state index is 0.460. The van der Waals surface area contributed by atoms with Crippen molar-refractivity contribution in [1.29, 1.82) is 0 Å². The van der Waals surface area contributed by atoms with Crippen LogP contribution in [0.25, 0.3) is 0 Å². The van der Waals surface area contributed by atoms with Gasteiger partial charge in [-0.15, -0.1) is 0 Å². The Morgan fingerprint density at radius 3 is 2.79 bits per heavy atom. The summed E-state index contributed by atoms with van der Waals surface area (Å²) >= 11 is 0. The lowest BCUT2D eigenvalue weighted by molar-refractivity contribution is 0.343. The number of hydrogen-bond donors (Lipinski definition) is 1. The minimum Gasteiger partial charge on any atom is -0.361 e. The van der Waals surface area contributed by atoms with Gasteiger partial charge in [-0.1, -0.05) is 5.16 Å². The van der Waals surface area contributed by atoms with Crippen molar-refractivity contribution < 1.29 is 4.52 Å². The maximum atomic E-state index is 4.98. The normalized spacial score (nSPS) is 13.5. The molecule has 0 saturated heterocycles. The lowest BCUT2D eigenvalue weighted by Gasteiger charge is -2.17. The van der Waals surface area contributed by atoms with Crippen LogP contribution in [-0.2, 0) is 6.54 Å². The van der Waals surface area contributed by atoms with Gasteiger partial charge < -0.3 is 14.7 Å². The van der Waals surface area contributed by atoms with Gasteiger partial charge in [-0.05, 0) is 27.9 Å². The van der Waals surface area contributed by atoms with Gasteiger partial charge in [0.1, 0.15) is 5.76 Å². The van der Waals surface area contributed by atoms with Crippen LogP contribution in [-0.4, -0.2) is 36.7 Å². The van der Waals surface area contributed by atoms with E-state index >= 15 is 0 Å². The SMILES string of the molecule is Cc1cc(CNC(C)CN(C)C)no1. The number of nitrogens with zero attached hydrogens (tertiary/aromatic N) is 2. The largest absolute Gasteiger partial charge is 0.361 e. The highest BCUT2D eigenvalue weighted by Crippen LogP contribution is 2.01. The highest BCUT2D eigenvalue weighted by atomic mass is 16.5. The van der Waals surface area contributed by atoms with Crippen LogP contribution in [0.1, 0.15) is 18.4 Å². The fraction of sp³-hybridized carbons (Fsp3) is 0.700. The van der Waals surface area contributed by atoms with Crippen molar-refractivity contribution in [1.82, 2.24) is 15.4 Å². The third-order valence-corrected chi connectivity index (χ3v) is 1.95. The van der Waals surface area contributed by atoms with Crippen molar-refractivity contribution in [3.63, 3.8) is 0 Å². The molecule has 0 radical (unpaired) electrons. The minimum atomic E-state index is 0.460. The van der Waals surface area contributed by atoms with Gasteiger partial charge in [0.25, 0.3) is 0 Å². The summed E-state index contributed by atoms with van der Waals surface area (Å²) in [5, 5.41) is 7.30. The third kappa shape index (κ3) is 3.89. The van der Waals surface area contributed by atoms with Crippen LogP contribution in [0.4, 0.5) is 0 Å². The Labute approximate surface area is 85.3 Å². The second-order valence-corrected chi connectivity index (χ2v) is 3.97. The molecule has 0 spiro atoms. The molecule has 14 heavy (non-hydrogen) atoms. The van der Waals surface area contributed by atoms with E-state index in [-0.39, 0.29) is 0 Å². The highest BCUT2D eigenvalue weighted by molar-refractivity contribution is 5.03. The average molecular weight is 197 g/mol. The van der Waals surface area contributed by atoms with Gasteiger partial charge in [-0.2, -0.15) is 0 Å². The molecule has 0 bridgehead atoms. The van der Waals surface area contributed by atoms with Gasteiger partial charge >= 0.3 is 0 Å². The number of aryl methyl sites for hydroxylation is 1. The molecule has 1 heterocycles. The molecular formula is C10H19N3O. The molecule has 4 heteroatoms. The maximum Gasteiger partial charge on any atom is 0.133 e. The summed E-state index contributed by atoms with van der Waals surface area (Å²) in [4.78, 5) is 2.16. The molecular weight excluding hydrogens is 178 g/mol. The first-order chi connectivity index (χ1) is 6.58. The fourth-order valence-electron chi connectivity index (χ4n) is 1.39. The molecule has 1 aromatic rings. The van der Waals surface area contributed by atoms with E-state index in [1.807, 2.05) is 13.0 Å². The first-order valence-electron chi connectivity index (χ1n) is 4.88. The van der Waals surface area contributed by atoms with Crippen molar-refractivity contribution >= 4 is 0 Å². The zero-order valence-corrected chi connectivity index (χ0v) is 9.37. The number of aromatic nitrogens is 1. The molecule has 80 valence electrons. The summed E-state index contributed by atoms with van der Waals surface area (Å²) in [5.41, 5.74) is 0.966. The van der Waals surface area contributed by atoms with Crippen LogP contribution in [0.5, 0.6) is 0 Å². The first kappa shape index (κ1) is 11.2. The van der Waals surface area contributed by atoms with Gasteiger partial charge in [-0.25, -0.2) is 0 Å². The summed E-state index contributed by atoms with van der Waals surface area (Å²) in [6.07, 6.45) is 0. The van der Waals surface area contributed by atoms with Gasteiger partial charge in [0, 0.05) is 25.2 Å². The Kier molecular flexibility index (Phi) is 4.10. The number of hydrogen-bond acceptors (Lipinski definition) is 4. The molecule has 0 aromatic carbocycles. The smallest absolute Gasteiger partial charge is 0.133 e. The Morgan fingerprint density at radius 2 is 2.29 bits per heavy atom. The zero-order valence-electron chi connectivity index (χ0n) is 9.37. The number of rotatable bonds is 5. The van der Waals surface area contributed by atoms with E-state index in [1.165, 1.54) is 0 Å². The van der Waals surface area contributed by atoms with E-state index in [2.05, 4.69) is 36.4 Å². The molecule has 1 unspecified atom stereocenters. The van der Waals surface area contributed by atoms with Crippen molar-refractivity contribution in [2.45, 2.75) is 26.4 Å². The molecule has 0 aliphatic heterocycles. The number of nitrogens with one attached hydrogen (secondary N) is 1. The summed E-state index contributed by atoms with van der Waals surface area (Å²) in [5.74, 6) is 0.863. The summed E-state index contributed by atoms with van der Waals surface area (Å²) < 4.78 is 4.98. The van der Waals surface area contributed by atoms with Crippen molar-refractivity contribution in [2.24, 2.45) is 0 Å². The lowest BCUT2D eigenvalue weighted by atomic mass is 10.3. The molecule has 0 saturated carbocycles. The van der Waals surface area contributed by atoms with Crippen LogP contribution in [0.15, 0.2) is 10.6 Å². The molecule has 1 rings (SSSR count). The molecule has 4 nitrogen and oxygen atoms in total. The van der Waals surface area contributed by atoms with Crippen LogP contribution >= 0.6 is 0 Å². The van der Waals surface area contributed by atoms with Gasteiger partial charge in [0.15, 0.2) is 0 Å². The van der Waals surface area contributed by atoms with E-state index in [4.69, 9.17) is 4.52 Å². The van der Waals surface area contributed by atoms with Crippen molar-refractivity contribution in [3.8, 4) is 0 Å². The summed E-state index contributed by atoms with van der Waals surface area (Å²) in [7, 11) is 4.14. The van der Waals surface area contributed by atoms with E-state index in [9.17, 15) is 0 Å². The summed E-state index contributed by atoms with van der Waals surface area (Å²) in [6, 6.07) is 2.41. The standard InChI is InChI=1S/C10H19N3O/c1-8(7-13(3)4)11-6-10-5-9(2)14-12-10/h5,8,11H,6-7H2,1-4H3. The topological polar surface area (TPSA) is 41.3 Å². The van der Waals surface area contributed by atoms with Crippen LogP contribution in [0.3, 0.4) is 0 Å². The fourth-order valence-corrected chi connectivity index (χ4v) is 1.39. The second-order valence-electron chi connectivity index (χ2n) is 3.97. The quantitative estimate of drug-likeness (QED) is 0.765. The molecule has 0 amide bonds. The molecule has 1 atom stereocenters. The zero-order chi connectivity index (χ0) is 10.6. The lowest BCUT2D eigenvalue weighted by Crippen LogP contribution is -2.35. The highest BCUT2D eigenvalue weighted by Gasteiger charge is 2.04. The molecule has 1 aromatic heterocycles. The van der Waals surface area contributed by atoms with Crippen LogP contribution < -0.4 is 5.32 Å².